The summed E-state index contributed by atoms with van der Waals surface area (Å²) in [6, 6.07) is 8.47. The summed E-state index contributed by atoms with van der Waals surface area (Å²) < 4.78 is 5.07. The molecule has 1 aliphatic rings. The molecule has 0 radical (unpaired) electrons. The molecule has 164 valence electrons. The lowest BCUT2D eigenvalue weighted by Gasteiger charge is -2.35. The zero-order chi connectivity index (χ0) is 20.6. The number of nitrogens with one attached hydrogen (secondary N) is 1. The van der Waals surface area contributed by atoms with Crippen molar-refractivity contribution in [3.8, 4) is 10.6 Å². The Balaban J connectivity index is 0.00000320. The highest BCUT2D eigenvalue weighted by Gasteiger charge is 2.23. The van der Waals surface area contributed by atoms with Gasteiger partial charge in [-0.25, -0.2) is 9.78 Å². The average molecular weight is 543 g/mol. The van der Waals surface area contributed by atoms with Gasteiger partial charge in [0.25, 0.3) is 0 Å². The van der Waals surface area contributed by atoms with Crippen LogP contribution in [0.25, 0.3) is 10.6 Å². The van der Waals surface area contributed by atoms with Crippen LogP contribution in [-0.2, 0) is 11.2 Å². The van der Waals surface area contributed by atoms with Crippen molar-refractivity contribution >= 4 is 47.4 Å². The van der Waals surface area contributed by atoms with Crippen molar-refractivity contribution in [1.82, 2.24) is 20.1 Å². The van der Waals surface area contributed by atoms with Crippen LogP contribution in [0.4, 0.5) is 4.79 Å². The van der Waals surface area contributed by atoms with E-state index < -0.39 is 0 Å². The van der Waals surface area contributed by atoms with Crippen LogP contribution in [0.15, 0.2) is 34.6 Å². The highest BCUT2D eigenvalue weighted by molar-refractivity contribution is 14.0. The third-order valence-corrected chi connectivity index (χ3v) is 5.77. The van der Waals surface area contributed by atoms with Gasteiger partial charge in [-0.1, -0.05) is 29.8 Å². The lowest BCUT2D eigenvalue weighted by molar-refractivity contribution is 0.0914. The van der Waals surface area contributed by atoms with Crippen LogP contribution in [0, 0.1) is 6.92 Å². The molecule has 0 spiro atoms. The van der Waals surface area contributed by atoms with E-state index in [1.165, 1.54) is 5.56 Å². The van der Waals surface area contributed by atoms with Gasteiger partial charge in [0.05, 0.1) is 12.3 Å². The maximum atomic E-state index is 11.8. The number of aryl methyl sites for hydroxylation is 1. The highest BCUT2D eigenvalue weighted by Crippen LogP contribution is 2.24. The normalized spacial score (nSPS) is 14.3. The minimum atomic E-state index is -0.233. The number of benzene rings is 1. The van der Waals surface area contributed by atoms with E-state index in [9.17, 15) is 4.79 Å². The van der Waals surface area contributed by atoms with Gasteiger partial charge in [-0.3, -0.25) is 4.99 Å². The Morgan fingerprint density at radius 3 is 2.50 bits per heavy atom. The van der Waals surface area contributed by atoms with Crippen molar-refractivity contribution in [3.05, 3.63) is 40.9 Å². The molecule has 9 heteroatoms. The zero-order valence-corrected chi connectivity index (χ0v) is 20.9. The number of aliphatic imine (C=N–C) groups is 1. The van der Waals surface area contributed by atoms with Gasteiger partial charge in [-0.05, 0) is 13.8 Å². The second-order valence-electron chi connectivity index (χ2n) is 6.91. The number of hydrogen-bond donors (Lipinski definition) is 1. The van der Waals surface area contributed by atoms with E-state index in [4.69, 9.17) is 9.72 Å². The molecular formula is C21H30IN5O2S. The molecule has 1 aromatic carbocycles. The van der Waals surface area contributed by atoms with Gasteiger partial charge in [0.1, 0.15) is 5.01 Å². The molecule has 1 amide bonds. The second-order valence-corrected chi connectivity index (χ2v) is 7.77. The van der Waals surface area contributed by atoms with Gasteiger partial charge < -0.3 is 19.9 Å². The number of rotatable bonds is 5. The average Bonchev–Trinajstić information content (AvgIpc) is 3.21. The minimum Gasteiger partial charge on any atom is -0.450 e. The zero-order valence-electron chi connectivity index (χ0n) is 17.8. The first-order chi connectivity index (χ1) is 14.1. The first kappa shape index (κ1) is 24.4. The van der Waals surface area contributed by atoms with E-state index in [0.29, 0.717) is 19.7 Å². The number of carbonyl (C=O) groups excluding carboxylic acids is 1. The molecule has 7 nitrogen and oxygen atoms in total. The first-order valence-electron chi connectivity index (χ1n) is 9.99. The van der Waals surface area contributed by atoms with Crippen molar-refractivity contribution in [2.24, 2.45) is 4.99 Å². The van der Waals surface area contributed by atoms with Crippen LogP contribution in [-0.4, -0.2) is 73.2 Å². The fourth-order valence-electron chi connectivity index (χ4n) is 3.20. The lowest BCUT2D eigenvalue weighted by atomic mass is 10.2. The van der Waals surface area contributed by atoms with Crippen molar-refractivity contribution in [3.63, 3.8) is 0 Å². The lowest BCUT2D eigenvalue weighted by Crippen LogP contribution is -2.54. The van der Waals surface area contributed by atoms with Crippen molar-refractivity contribution in [2.45, 2.75) is 20.3 Å². The summed E-state index contributed by atoms with van der Waals surface area (Å²) in [5.74, 6) is 0.863. The van der Waals surface area contributed by atoms with Crippen LogP contribution in [0.1, 0.15) is 18.2 Å². The molecule has 0 bridgehead atoms. The van der Waals surface area contributed by atoms with Crippen LogP contribution in [0.3, 0.4) is 0 Å². The first-order valence-corrected chi connectivity index (χ1v) is 10.9. The van der Waals surface area contributed by atoms with Crippen molar-refractivity contribution in [1.29, 1.82) is 0 Å². The van der Waals surface area contributed by atoms with Gasteiger partial charge in [-0.15, -0.1) is 35.3 Å². The largest absolute Gasteiger partial charge is 0.450 e. The maximum Gasteiger partial charge on any atom is 0.409 e. The van der Waals surface area contributed by atoms with Crippen LogP contribution in [0.2, 0.25) is 0 Å². The number of piperazine rings is 1. The Hall–Kier alpha value is -1.88. The quantitative estimate of drug-likeness (QED) is 0.355. The van der Waals surface area contributed by atoms with Crippen molar-refractivity contribution < 1.29 is 9.53 Å². The Bertz CT molecular complexity index is 832. The maximum absolute atomic E-state index is 11.8. The highest BCUT2D eigenvalue weighted by atomic mass is 127. The Labute approximate surface area is 199 Å². The Kier molecular flexibility index (Phi) is 9.83. The van der Waals surface area contributed by atoms with Crippen LogP contribution >= 0.6 is 35.3 Å². The third-order valence-electron chi connectivity index (χ3n) is 4.83. The predicted molar refractivity (Wildman–Crippen MR) is 133 cm³/mol. The summed E-state index contributed by atoms with van der Waals surface area (Å²) in [7, 11) is 1.79. The summed E-state index contributed by atoms with van der Waals surface area (Å²) in [5, 5.41) is 6.60. The fourth-order valence-corrected chi connectivity index (χ4v) is 4.06. The molecule has 1 aromatic heterocycles. The van der Waals surface area contributed by atoms with Gasteiger partial charge in [-0.2, -0.15) is 0 Å². The molecule has 3 rings (SSSR count). The molecule has 30 heavy (non-hydrogen) atoms. The third kappa shape index (κ3) is 6.56. The van der Waals surface area contributed by atoms with Crippen LogP contribution in [0.5, 0.6) is 0 Å². The molecule has 1 fully saturated rings. The molecular weight excluding hydrogens is 513 g/mol. The SMILES string of the molecule is CCOC(=O)N1CCN(C(=NC)NCCc2csc(-c3ccc(C)cc3)n2)CC1.I. The Morgan fingerprint density at radius 1 is 1.20 bits per heavy atom. The molecule has 1 aliphatic heterocycles. The van der Waals surface area contributed by atoms with E-state index in [1.807, 2.05) is 6.92 Å². The number of amides is 1. The summed E-state index contributed by atoms with van der Waals surface area (Å²) in [4.78, 5) is 24.9. The molecule has 0 unspecified atom stereocenters. The van der Waals surface area contributed by atoms with Crippen LogP contribution < -0.4 is 5.32 Å². The molecule has 0 aliphatic carbocycles. The molecule has 1 N–H and O–H groups in total. The minimum absolute atomic E-state index is 0. The fraction of sp³-hybridized carbons (Fsp3) is 0.476. The predicted octanol–water partition coefficient (Wildman–Crippen LogP) is 3.63. The number of guanidine groups is 1. The van der Waals surface area contributed by atoms with E-state index in [0.717, 1.165) is 48.3 Å². The van der Waals surface area contributed by atoms with Gasteiger partial charge in [0.2, 0.25) is 0 Å². The number of nitrogens with zero attached hydrogens (tertiary/aromatic N) is 4. The number of ether oxygens (including phenoxy) is 1. The van der Waals surface area contributed by atoms with E-state index in [1.54, 1.807) is 23.3 Å². The number of hydrogen-bond acceptors (Lipinski definition) is 5. The van der Waals surface area contributed by atoms with E-state index in [-0.39, 0.29) is 30.1 Å². The molecule has 1 saturated heterocycles. The number of thiazole rings is 1. The topological polar surface area (TPSA) is 70.1 Å². The molecule has 0 saturated carbocycles. The molecule has 2 aromatic rings. The van der Waals surface area contributed by atoms with E-state index >= 15 is 0 Å². The van der Waals surface area contributed by atoms with Gasteiger partial charge in [0.15, 0.2) is 5.96 Å². The molecule has 0 atom stereocenters. The summed E-state index contributed by atoms with van der Waals surface area (Å²) in [6.07, 6.45) is 0.604. The monoisotopic (exact) mass is 543 g/mol. The summed E-state index contributed by atoms with van der Waals surface area (Å²) in [6.45, 7) is 7.86. The number of halogens is 1. The Morgan fingerprint density at radius 2 is 1.87 bits per heavy atom. The number of carbonyl (C=O) groups is 1. The smallest absolute Gasteiger partial charge is 0.409 e. The van der Waals surface area contributed by atoms with Gasteiger partial charge in [0, 0.05) is 57.1 Å². The van der Waals surface area contributed by atoms with Gasteiger partial charge >= 0.3 is 6.09 Å². The second kappa shape index (κ2) is 12.1. The molecule has 2 heterocycles. The summed E-state index contributed by atoms with van der Waals surface area (Å²) in [5.41, 5.74) is 3.50. The van der Waals surface area contributed by atoms with Crippen molar-refractivity contribution in [2.75, 3.05) is 46.4 Å². The van der Waals surface area contributed by atoms with E-state index in [2.05, 4.69) is 51.8 Å². The summed E-state index contributed by atoms with van der Waals surface area (Å²) >= 11 is 1.68. The number of aromatic nitrogens is 1. The standard InChI is InChI=1S/C21H29N5O2S.HI/c1-4-28-21(27)26-13-11-25(12-14-26)20(22-3)23-10-9-18-15-29-19(24-18)17-7-5-16(2)6-8-17;/h5-8,15H,4,9-14H2,1-3H3,(H,22,23);1H.